The molecular formula is C16H15IN2O2. The minimum atomic E-state index is 0.278. The summed E-state index contributed by atoms with van der Waals surface area (Å²) in [7, 11) is 1.65. The molecule has 0 aliphatic carbocycles. The molecule has 2 aromatic carbocycles. The Morgan fingerprint density at radius 3 is 2.71 bits per heavy atom. The molecule has 21 heavy (non-hydrogen) atoms. The van der Waals surface area contributed by atoms with Crippen molar-refractivity contribution in [3.8, 4) is 22.9 Å². The molecule has 1 aromatic heterocycles. The van der Waals surface area contributed by atoms with Gasteiger partial charge in [-0.15, -0.1) is 0 Å². The fraction of sp³-hybridized carbons (Fsp3) is 0.188. The van der Waals surface area contributed by atoms with E-state index in [1.807, 2.05) is 30.3 Å². The second-order valence-electron chi connectivity index (χ2n) is 4.70. The van der Waals surface area contributed by atoms with Crippen LogP contribution in [0.1, 0.15) is 6.92 Å². The van der Waals surface area contributed by atoms with E-state index < -0.39 is 0 Å². The number of hydrogen-bond donors (Lipinski definition) is 1. The van der Waals surface area contributed by atoms with Crippen molar-refractivity contribution in [1.82, 2.24) is 9.55 Å². The Kier molecular flexibility index (Phi) is 3.75. The van der Waals surface area contributed by atoms with Crippen LogP contribution in [0.4, 0.5) is 0 Å². The number of aryl methyl sites for hydroxylation is 1. The number of imidazole rings is 1. The van der Waals surface area contributed by atoms with Crippen LogP contribution >= 0.6 is 22.6 Å². The van der Waals surface area contributed by atoms with Crippen molar-refractivity contribution in [2.24, 2.45) is 0 Å². The number of aromatic hydroxyl groups is 1. The molecule has 4 nitrogen and oxygen atoms in total. The molecule has 0 amide bonds. The average Bonchev–Trinajstić information content (AvgIpc) is 2.87. The lowest BCUT2D eigenvalue weighted by Crippen LogP contribution is -1.97. The zero-order chi connectivity index (χ0) is 15.0. The van der Waals surface area contributed by atoms with Crippen molar-refractivity contribution >= 4 is 33.6 Å². The first-order valence-electron chi connectivity index (χ1n) is 6.67. The van der Waals surface area contributed by atoms with Gasteiger partial charge in [0.05, 0.1) is 21.7 Å². The second-order valence-corrected chi connectivity index (χ2v) is 5.86. The number of phenols is 1. The van der Waals surface area contributed by atoms with E-state index in [1.54, 1.807) is 13.2 Å². The molecule has 0 spiro atoms. The van der Waals surface area contributed by atoms with Gasteiger partial charge in [0.25, 0.3) is 0 Å². The first-order valence-corrected chi connectivity index (χ1v) is 7.75. The van der Waals surface area contributed by atoms with Gasteiger partial charge >= 0.3 is 0 Å². The molecular weight excluding hydrogens is 379 g/mol. The largest absolute Gasteiger partial charge is 0.507 e. The number of halogens is 1. The molecule has 3 aromatic rings. The first-order chi connectivity index (χ1) is 10.1. The lowest BCUT2D eigenvalue weighted by Gasteiger charge is -2.07. The summed E-state index contributed by atoms with van der Waals surface area (Å²) in [5.41, 5.74) is 2.86. The summed E-state index contributed by atoms with van der Waals surface area (Å²) in [6, 6.07) is 11.5. The highest BCUT2D eigenvalue weighted by Crippen LogP contribution is 2.30. The standard InChI is InChI=1S/C16H15IN2O2/c1-3-19-14-7-5-11(21-2)9-13(14)18-16(19)10-4-6-12(17)15(20)8-10/h4-9,20H,3H2,1-2H3. The van der Waals surface area contributed by atoms with Crippen molar-refractivity contribution in [3.05, 3.63) is 40.0 Å². The predicted octanol–water partition coefficient (Wildman–Crippen LogP) is 4.04. The Labute approximate surface area is 136 Å². The van der Waals surface area contributed by atoms with Crippen molar-refractivity contribution in [1.29, 1.82) is 0 Å². The molecule has 0 saturated heterocycles. The lowest BCUT2D eigenvalue weighted by atomic mass is 10.2. The molecule has 3 rings (SSSR count). The number of benzene rings is 2. The molecule has 0 bridgehead atoms. The summed E-state index contributed by atoms with van der Waals surface area (Å²) in [6.07, 6.45) is 0. The van der Waals surface area contributed by atoms with Crippen LogP contribution in [-0.4, -0.2) is 21.8 Å². The van der Waals surface area contributed by atoms with Crippen LogP contribution < -0.4 is 4.74 Å². The molecule has 1 N–H and O–H groups in total. The Bertz CT molecular complexity index is 811. The van der Waals surface area contributed by atoms with Crippen molar-refractivity contribution in [2.75, 3.05) is 7.11 Å². The van der Waals surface area contributed by atoms with Gasteiger partial charge in [-0.25, -0.2) is 4.98 Å². The smallest absolute Gasteiger partial charge is 0.141 e. The summed E-state index contributed by atoms with van der Waals surface area (Å²) >= 11 is 2.11. The van der Waals surface area contributed by atoms with E-state index in [2.05, 4.69) is 34.1 Å². The van der Waals surface area contributed by atoms with E-state index in [0.29, 0.717) is 0 Å². The summed E-state index contributed by atoms with van der Waals surface area (Å²) in [6.45, 7) is 2.90. The van der Waals surface area contributed by atoms with Crippen LogP contribution in [-0.2, 0) is 6.54 Å². The summed E-state index contributed by atoms with van der Waals surface area (Å²) in [5, 5.41) is 9.92. The van der Waals surface area contributed by atoms with E-state index in [0.717, 1.165) is 38.3 Å². The Morgan fingerprint density at radius 1 is 1.24 bits per heavy atom. The monoisotopic (exact) mass is 394 g/mol. The number of fused-ring (bicyclic) bond motifs is 1. The molecule has 0 atom stereocenters. The third-order valence-electron chi connectivity index (χ3n) is 3.48. The Morgan fingerprint density at radius 2 is 2.05 bits per heavy atom. The maximum atomic E-state index is 9.92. The fourth-order valence-electron chi connectivity index (χ4n) is 2.43. The van der Waals surface area contributed by atoms with Crippen molar-refractivity contribution in [2.45, 2.75) is 13.5 Å². The number of ether oxygens (including phenoxy) is 1. The average molecular weight is 394 g/mol. The molecule has 0 fully saturated rings. The maximum absolute atomic E-state index is 9.92. The number of hydrogen-bond acceptors (Lipinski definition) is 3. The van der Waals surface area contributed by atoms with Gasteiger partial charge in [0.1, 0.15) is 17.3 Å². The topological polar surface area (TPSA) is 47.3 Å². The van der Waals surface area contributed by atoms with Gasteiger partial charge in [0, 0.05) is 18.2 Å². The van der Waals surface area contributed by atoms with Crippen LogP contribution in [0.25, 0.3) is 22.4 Å². The van der Waals surface area contributed by atoms with Gasteiger partial charge in [-0.3, -0.25) is 0 Å². The van der Waals surface area contributed by atoms with E-state index in [1.165, 1.54) is 0 Å². The normalized spacial score (nSPS) is 11.0. The summed E-state index contributed by atoms with van der Waals surface area (Å²) in [4.78, 5) is 4.70. The number of rotatable bonds is 3. The molecule has 1 heterocycles. The minimum Gasteiger partial charge on any atom is -0.507 e. The molecule has 108 valence electrons. The van der Waals surface area contributed by atoms with Crippen LogP contribution in [0.3, 0.4) is 0 Å². The third-order valence-corrected chi connectivity index (χ3v) is 4.39. The summed E-state index contributed by atoms with van der Waals surface area (Å²) in [5.74, 6) is 1.92. The van der Waals surface area contributed by atoms with E-state index in [9.17, 15) is 5.11 Å². The van der Waals surface area contributed by atoms with Gasteiger partial charge < -0.3 is 14.4 Å². The molecule has 0 aliphatic rings. The number of aromatic nitrogens is 2. The SMILES string of the molecule is CCn1c(-c2ccc(I)c(O)c2)nc2cc(OC)ccc21. The van der Waals surface area contributed by atoms with E-state index >= 15 is 0 Å². The van der Waals surface area contributed by atoms with Gasteiger partial charge in [-0.05, 0) is 59.8 Å². The zero-order valence-corrected chi connectivity index (χ0v) is 14.0. The molecule has 0 saturated carbocycles. The number of phenolic OH excluding ortho intramolecular Hbond substituents is 1. The Balaban J connectivity index is 2.23. The predicted molar refractivity (Wildman–Crippen MR) is 91.8 cm³/mol. The van der Waals surface area contributed by atoms with Gasteiger partial charge in [-0.2, -0.15) is 0 Å². The van der Waals surface area contributed by atoms with Gasteiger partial charge in [-0.1, -0.05) is 0 Å². The highest BCUT2D eigenvalue weighted by Gasteiger charge is 2.13. The van der Waals surface area contributed by atoms with Gasteiger partial charge in [0.2, 0.25) is 0 Å². The second kappa shape index (κ2) is 5.55. The van der Waals surface area contributed by atoms with Crippen LogP contribution in [0.15, 0.2) is 36.4 Å². The van der Waals surface area contributed by atoms with Crippen LogP contribution in [0, 0.1) is 3.57 Å². The third kappa shape index (κ3) is 2.46. The number of nitrogens with zero attached hydrogens (tertiary/aromatic N) is 2. The number of methoxy groups -OCH3 is 1. The quantitative estimate of drug-likeness (QED) is 0.683. The van der Waals surface area contributed by atoms with Gasteiger partial charge in [0.15, 0.2) is 0 Å². The minimum absolute atomic E-state index is 0.278. The van der Waals surface area contributed by atoms with Crippen molar-refractivity contribution in [3.63, 3.8) is 0 Å². The zero-order valence-electron chi connectivity index (χ0n) is 11.8. The van der Waals surface area contributed by atoms with Crippen LogP contribution in [0.5, 0.6) is 11.5 Å². The lowest BCUT2D eigenvalue weighted by molar-refractivity contribution is 0.415. The Hall–Kier alpha value is -1.76. The molecule has 0 aliphatic heterocycles. The van der Waals surface area contributed by atoms with Crippen molar-refractivity contribution < 1.29 is 9.84 Å². The fourth-order valence-corrected chi connectivity index (χ4v) is 2.76. The molecule has 0 unspecified atom stereocenters. The highest BCUT2D eigenvalue weighted by atomic mass is 127. The molecule has 5 heteroatoms. The highest BCUT2D eigenvalue weighted by molar-refractivity contribution is 14.1. The van der Waals surface area contributed by atoms with E-state index in [4.69, 9.17) is 9.72 Å². The van der Waals surface area contributed by atoms with Crippen LogP contribution in [0.2, 0.25) is 0 Å². The summed E-state index contributed by atoms with van der Waals surface area (Å²) < 4.78 is 8.22. The maximum Gasteiger partial charge on any atom is 0.141 e. The molecule has 0 radical (unpaired) electrons. The van der Waals surface area contributed by atoms with E-state index in [-0.39, 0.29) is 5.75 Å². The first kappa shape index (κ1) is 14.2.